The number of amides is 1. The summed E-state index contributed by atoms with van der Waals surface area (Å²) < 4.78 is 11.0. The Hall–Kier alpha value is -2.08. The average molecular weight is 337 g/mol. The molecule has 0 saturated heterocycles. The number of benzene rings is 1. The predicted octanol–water partition coefficient (Wildman–Crippen LogP) is 2.15. The Morgan fingerprint density at radius 3 is 2.46 bits per heavy atom. The summed E-state index contributed by atoms with van der Waals surface area (Å²) >= 11 is 0. The van der Waals surface area contributed by atoms with Crippen LogP contribution >= 0.6 is 0 Å². The summed E-state index contributed by atoms with van der Waals surface area (Å²) in [6.45, 7) is 7.78. The number of carbonyl (C=O) groups excluding carboxylic acids is 2. The molecule has 0 spiro atoms. The number of likely N-dealkylation sites (N-methyl/N-ethyl adjacent to an activating group) is 1. The second kappa shape index (κ2) is 9.27. The Bertz CT molecular complexity index is 598. The molecule has 0 atom stereocenters. The Balaban J connectivity index is 2.63. The molecule has 0 aromatic heterocycles. The van der Waals surface area contributed by atoms with Crippen molar-refractivity contribution in [3.05, 3.63) is 22.8 Å². The van der Waals surface area contributed by atoms with E-state index in [-0.39, 0.29) is 18.5 Å². The van der Waals surface area contributed by atoms with Crippen LogP contribution < -0.4 is 9.47 Å². The van der Waals surface area contributed by atoms with Crippen molar-refractivity contribution in [3.63, 3.8) is 0 Å². The number of aliphatic hydroxyl groups excluding tert-OH is 1. The minimum Gasteiger partial charge on any atom is -0.493 e. The molecule has 1 rings (SSSR count). The van der Waals surface area contributed by atoms with E-state index in [4.69, 9.17) is 14.6 Å². The van der Waals surface area contributed by atoms with Crippen LogP contribution in [0.2, 0.25) is 0 Å². The van der Waals surface area contributed by atoms with Crippen molar-refractivity contribution < 1.29 is 24.2 Å². The second-order valence-corrected chi connectivity index (χ2v) is 5.86. The van der Waals surface area contributed by atoms with Crippen LogP contribution in [0.3, 0.4) is 0 Å². The van der Waals surface area contributed by atoms with E-state index in [2.05, 4.69) is 0 Å². The quantitative estimate of drug-likeness (QED) is 0.447. The number of hydrogen-bond acceptors (Lipinski definition) is 5. The molecule has 0 unspecified atom stereocenters. The van der Waals surface area contributed by atoms with Gasteiger partial charge in [0.15, 0.2) is 0 Å². The number of esters is 1. The highest BCUT2D eigenvalue weighted by Gasteiger charge is 2.14. The Morgan fingerprint density at radius 1 is 1.21 bits per heavy atom. The molecular weight excluding hydrogens is 310 g/mol. The van der Waals surface area contributed by atoms with Crippen molar-refractivity contribution in [2.45, 2.75) is 40.5 Å². The van der Waals surface area contributed by atoms with Crippen LogP contribution in [0.15, 0.2) is 6.07 Å². The van der Waals surface area contributed by atoms with Crippen molar-refractivity contribution in [1.82, 2.24) is 4.90 Å². The highest BCUT2D eigenvalue weighted by molar-refractivity contribution is 5.75. The molecule has 0 aliphatic heterocycles. The van der Waals surface area contributed by atoms with Gasteiger partial charge in [0.25, 0.3) is 0 Å². The van der Waals surface area contributed by atoms with Crippen molar-refractivity contribution in [2.24, 2.45) is 0 Å². The fourth-order valence-corrected chi connectivity index (χ4v) is 2.34. The van der Waals surface area contributed by atoms with Gasteiger partial charge < -0.3 is 19.5 Å². The van der Waals surface area contributed by atoms with Crippen molar-refractivity contribution in [2.75, 3.05) is 26.8 Å². The SMILES string of the molecule is CC(=O)Oc1c(C)cc(OCCCC(=O)N(C)CCO)c(C)c1C. The number of nitrogens with zero attached hydrogens (tertiary/aromatic N) is 1. The third kappa shape index (κ3) is 5.53. The molecule has 0 heterocycles. The first kappa shape index (κ1) is 20.0. The first-order chi connectivity index (χ1) is 11.3. The number of aliphatic hydroxyl groups is 1. The third-order valence-electron chi connectivity index (χ3n) is 3.88. The number of rotatable bonds is 8. The van der Waals surface area contributed by atoms with Crippen LogP contribution in [0.4, 0.5) is 0 Å². The smallest absolute Gasteiger partial charge is 0.308 e. The van der Waals surface area contributed by atoms with Gasteiger partial charge in [-0.25, -0.2) is 0 Å². The molecule has 1 aromatic rings. The zero-order valence-corrected chi connectivity index (χ0v) is 15.1. The van der Waals surface area contributed by atoms with E-state index in [0.29, 0.717) is 31.7 Å². The molecule has 134 valence electrons. The molecule has 0 fully saturated rings. The molecule has 0 aliphatic carbocycles. The number of aryl methyl sites for hydroxylation is 1. The largest absolute Gasteiger partial charge is 0.493 e. The molecule has 6 heteroatoms. The van der Waals surface area contributed by atoms with Gasteiger partial charge in [0.05, 0.1) is 13.2 Å². The minimum absolute atomic E-state index is 0.0121. The molecular formula is C18H27NO5. The maximum atomic E-state index is 11.8. The summed E-state index contributed by atoms with van der Waals surface area (Å²) in [7, 11) is 1.67. The summed E-state index contributed by atoms with van der Waals surface area (Å²) in [6.07, 6.45) is 0.969. The Morgan fingerprint density at radius 2 is 1.88 bits per heavy atom. The van der Waals surface area contributed by atoms with Gasteiger partial charge in [0.2, 0.25) is 5.91 Å². The van der Waals surface area contributed by atoms with Gasteiger partial charge in [-0.1, -0.05) is 0 Å². The van der Waals surface area contributed by atoms with Gasteiger partial charge in [-0.3, -0.25) is 9.59 Å². The molecule has 6 nitrogen and oxygen atoms in total. The lowest BCUT2D eigenvalue weighted by Gasteiger charge is -2.17. The fraction of sp³-hybridized carbons (Fsp3) is 0.556. The first-order valence-electron chi connectivity index (χ1n) is 8.04. The molecule has 0 bridgehead atoms. The average Bonchev–Trinajstić information content (AvgIpc) is 2.52. The van der Waals surface area contributed by atoms with E-state index in [9.17, 15) is 9.59 Å². The monoisotopic (exact) mass is 337 g/mol. The number of hydrogen-bond donors (Lipinski definition) is 1. The second-order valence-electron chi connectivity index (χ2n) is 5.86. The normalized spacial score (nSPS) is 10.4. The van der Waals surface area contributed by atoms with Crippen LogP contribution in [0.5, 0.6) is 11.5 Å². The van der Waals surface area contributed by atoms with Crippen molar-refractivity contribution in [1.29, 1.82) is 0 Å². The first-order valence-corrected chi connectivity index (χ1v) is 8.04. The van der Waals surface area contributed by atoms with Gasteiger partial charge in [0.1, 0.15) is 11.5 Å². The highest BCUT2D eigenvalue weighted by Crippen LogP contribution is 2.33. The van der Waals surface area contributed by atoms with E-state index >= 15 is 0 Å². The minimum atomic E-state index is -0.347. The van der Waals surface area contributed by atoms with E-state index in [1.807, 2.05) is 26.8 Å². The highest BCUT2D eigenvalue weighted by atomic mass is 16.5. The molecule has 1 aromatic carbocycles. The van der Waals surface area contributed by atoms with Gasteiger partial charge in [-0.15, -0.1) is 0 Å². The van der Waals surface area contributed by atoms with E-state index in [0.717, 1.165) is 22.4 Å². The lowest BCUT2D eigenvalue weighted by Crippen LogP contribution is -2.29. The lowest BCUT2D eigenvalue weighted by molar-refractivity contribution is -0.132. The van der Waals surface area contributed by atoms with E-state index in [1.54, 1.807) is 7.05 Å². The Labute approximate surface area is 143 Å². The van der Waals surface area contributed by atoms with Crippen LogP contribution in [0, 0.1) is 20.8 Å². The molecule has 0 aliphatic rings. The molecule has 0 saturated carbocycles. The summed E-state index contributed by atoms with van der Waals surface area (Å²) in [5, 5.41) is 8.82. The number of ether oxygens (including phenoxy) is 2. The fourth-order valence-electron chi connectivity index (χ4n) is 2.34. The number of carbonyl (C=O) groups is 2. The maximum Gasteiger partial charge on any atom is 0.308 e. The predicted molar refractivity (Wildman–Crippen MR) is 91.4 cm³/mol. The Kier molecular flexibility index (Phi) is 7.71. The van der Waals surface area contributed by atoms with Gasteiger partial charge in [0, 0.05) is 26.9 Å². The van der Waals surface area contributed by atoms with Crippen LogP contribution in [0.1, 0.15) is 36.5 Å². The third-order valence-corrected chi connectivity index (χ3v) is 3.88. The topological polar surface area (TPSA) is 76.1 Å². The summed E-state index contributed by atoms with van der Waals surface area (Å²) in [4.78, 5) is 24.5. The van der Waals surface area contributed by atoms with Crippen LogP contribution in [-0.4, -0.2) is 48.7 Å². The molecule has 0 radical (unpaired) electrons. The summed E-state index contributed by atoms with van der Waals surface area (Å²) in [5.74, 6) is 0.951. The lowest BCUT2D eigenvalue weighted by atomic mass is 10.0. The molecule has 24 heavy (non-hydrogen) atoms. The van der Waals surface area contributed by atoms with Crippen LogP contribution in [-0.2, 0) is 9.59 Å². The van der Waals surface area contributed by atoms with Crippen molar-refractivity contribution >= 4 is 11.9 Å². The van der Waals surface area contributed by atoms with Crippen LogP contribution in [0.25, 0.3) is 0 Å². The maximum absolute atomic E-state index is 11.8. The van der Waals surface area contributed by atoms with Gasteiger partial charge in [-0.05, 0) is 49.9 Å². The summed E-state index contributed by atoms with van der Waals surface area (Å²) in [6, 6.07) is 1.85. The summed E-state index contributed by atoms with van der Waals surface area (Å²) in [5.41, 5.74) is 2.63. The van der Waals surface area contributed by atoms with Gasteiger partial charge in [-0.2, -0.15) is 0 Å². The zero-order chi connectivity index (χ0) is 18.3. The van der Waals surface area contributed by atoms with E-state index in [1.165, 1.54) is 11.8 Å². The zero-order valence-electron chi connectivity index (χ0n) is 15.1. The molecule has 1 N–H and O–H groups in total. The van der Waals surface area contributed by atoms with Crippen molar-refractivity contribution in [3.8, 4) is 11.5 Å². The standard InChI is InChI=1S/C18H27NO5/c1-12-11-16(13(2)14(3)18(12)24-15(4)21)23-10-6-7-17(22)19(5)8-9-20/h11,20H,6-10H2,1-5H3. The van der Waals surface area contributed by atoms with E-state index < -0.39 is 0 Å². The van der Waals surface area contributed by atoms with Gasteiger partial charge >= 0.3 is 5.97 Å². The molecule has 1 amide bonds.